The molecule has 0 saturated carbocycles. The van der Waals surface area contributed by atoms with E-state index in [9.17, 15) is 8.42 Å². The highest BCUT2D eigenvalue weighted by atomic mass is 35.5. The molecule has 0 aliphatic rings. The lowest BCUT2D eigenvalue weighted by atomic mass is 10.1. The number of pyridine rings is 1. The number of benzene rings is 2. The molecule has 8 heteroatoms. The number of halogens is 1. The zero-order valence-electron chi connectivity index (χ0n) is 14.9. The van der Waals surface area contributed by atoms with Crippen LogP contribution in [0.3, 0.4) is 0 Å². The summed E-state index contributed by atoms with van der Waals surface area (Å²) in [6.45, 7) is 2.00. The molecular weight excluding hydrogens is 396 g/mol. The summed E-state index contributed by atoms with van der Waals surface area (Å²) in [6.07, 6.45) is 1.53. The average molecular weight is 413 g/mol. The largest absolute Gasteiger partial charge is 0.347 e. The predicted octanol–water partition coefficient (Wildman–Crippen LogP) is 4.39. The first kappa shape index (κ1) is 18.5. The van der Waals surface area contributed by atoms with Crippen LogP contribution in [0, 0.1) is 0 Å². The lowest BCUT2D eigenvalue weighted by molar-refractivity contribution is 0.595. The zero-order valence-corrected chi connectivity index (χ0v) is 16.5. The summed E-state index contributed by atoms with van der Waals surface area (Å²) in [5, 5.41) is 12.0. The highest BCUT2D eigenvalue weighted by Gasteiger charge is 2.20. The molecule has 28 heavy (non-hydrogen) atoms. The maximum absolute atomic E-state index is 12.9. The van der Waals surface area contributed by atoms with Crippen LogP contribution in [0.1, 0.15) is 18.5 Å². The summed E-state index contributed by atoms with van der Waals surface area (Å²) >= 11 is 5.87. The Morgan fingerprint density at radius 1 is 0.929 bits per heavy atom. The van der Waals surface area contributed by atoms with E-state index in [0.717, 1.165) is 5.56 Å². The highest BCUT2D eigenvalue weighted by Crippen LogP contribution is 2.24. The maximum Gasteiger partial charge on any atom is 0.229 e. The van der Waals surface area contributed by atoms with Gasteiger partial charge in [-0.25, -0.2) is 8.42 Å². The van der Waals surface area contributed by atoms with Gasteiger partial charge in [0.2, 0.25) is 15.8 Å². The van der Waals surface area contributed by atoms with Crippen molar-refractivity contribution in [2.75, 3.05) is 5.32 Å². The molecule has 0 fully saturated rings. The van der Waals surface area contributed by atoms with Crippen molar-refractivity contribution in [3.05, 3.63) is 83.5 Å². The van der Waals surface area contributed by atoms with Gasteiger partial charge < -0.3 is 5.32 Å². The number of anilines is 1. The Morgan fingerprint density at radius 3 is 2.32 bits per heavy atom. The van der Waals surface area contributed by atoms with Gasteiger partial charge in [-0.2, -0.15) is 0 Å². The molecule has 2 heterocycles. The molecule has 0 spiro atoms. The van der Waals surface area contributed by atoms with Gasteiger partial charge in [-0.1, -0.05) is 41.9 Å². The molecule has 0 radical (unpaired) electrons. The first-order valence-corrected chi connectivity index (χ1v) is 10.5. The van der Waals surface area contributed by atoms with Crippen LogP contribution in [-0.2, 0) is 9.84 Å². The normalized spacial score (nSPS) is 12.8. The van der Waals surface area contributed by atoms with Gasteiger partial charge in [0.15, 0.2) is 5.65 Å². The molecule has 142 valence electrons. The van der Waals surface area contributed by atoms with Gasteiger partial charge in [0.1, 0.15) is 0 Å². The number of hydrogen-bond donors (Lipinski definition) is 1. The van der Waals surface area contributed by atoms with E-state index >= 15 is 0 Å². The summed E-state index contributed by atoms with van der Waals surface area (Å²) in [6, 6.07) is 19.1. The standard InChI is InChI=1S/C20H17ClN4O2S/c1-14(15-5-3-2-4-6-15)22-20-24-23-19-12-11-18(13-25(19)20)28(26,27)17-9-7-16(21)8-10-17/h2-14H,1H3,(H,22,24)/t14-/m1/s1. The summed E-state index contributed by atoms with van der Waals surface area (Å²) in [5.41, 5.74) is 1.64. The van der Waals surface area contributed by atoms with Crippen molar-refractivity contribution in [3.8, 4) is 0 Å². The Labute approximate surface area is 167 Å². The molecule has 2 aromatic heterocycles. The minimum atomic E-state index is -3.69. The van der Waals surface area contributed by atoms with E-state index in [4.69, 9.17) is 11.6 Å². The lowest BCUT2D eigenvalue weighted by Gasteiger charge is -2.14. The lowest BCUT2D eigenvalue weighted by Crippen LogP contribution is -2.10. The smallest absolute Gasteiger partial charge is 0.229 e. The molecule has 4 aromatic rings. The number of hydrogen-bond acceptors (Lipinski definition) is 5. The third-order valence-electron chi connectivity index (χ3n) is 4.45. The van der Waals surface area contributed by atoms with Crippen LogP contribution in [-0.4, -0.2) is 23.0 Å². The topological polar surface area (TPSA) is 76.4 Å². The van der Waals surface area contributed by atoms with E-state index in [-0.39, 0.29) is 15.8 Å². The third kappa shape index (κ3) is 3.46. The number of nitrogens with zero attached hydrogens (tertiary/aromatic N) is 3. The molecule has 0 amide bonds. The van der Waals surface area contributed by atoms with Crippen molar-refractivity contribution in [1.29, 1.82) is 0 Å². The number of aromatic nitrogens is 3. The molecular formula is C20H17ClN4O2S. The zero-order chi connectivity index (χ0) is 19.7. The fourth-order valence-corrected chi connectivity index (χ4v) is 4.28. The number of sulfone groups is 1. The molecule has 6 nitrogen and oxygen atoms in total. The summed E-state index contributed by atoms with van der Waals surface area (Å²) < 4.78 is 27.5. The van der Waals surface area contributed by atoms with Crippen molar-refractivity contribution < 1.29 is 8.42 Å². The van der Waals surface area contributed by atoms with Crippen molar-refractivity contribution in [3.63, 3.8) is 0 Å². The van der Waals surface area contributed by atoms with E-state index in [0.29, 0.717) is 16.6 Å². The molecule has 0 aliphatic carbocycles. The van der Waals surface area contributed by atoms with Crippen LogP contribution in [0.25, 0.3) is 5.65 Å². The quantitative estimate of drug-likeness (QED) is 0.526. The van der Waals surface area contributed by atoms with Gasteiger partial charge in [0.25, 0.3) is 0 Å². The van der Waals surface area contributed by atoms with Gasteiger partial charge in [-0.15, -0.1) is 10.2 Å². The van der Waals surface area contributed by atoms with Crippen LogP contribution in [0.2, 0.25) is 5.02 Å². The second kappa shape index (κ2) is 7.26. The molecule has 0 aliphatic heterocycles. The number of fused-ring (bicyclic) bond motifs is 1. The fraction of sp³-hybridized carbons (Fsp3) is 0.100. The van der Waals surface area contributed by atoms with Gasteiger partial charge >= 0.3 is 0 Å². The summed E-state index contributed by atoms with van der Waals surface area (Å²) in [4.78, 5) is 0.328. The van der Waals surface area contributed by atoms with Crippen LogP contribution < -0.4 is 5.32 Å². The molecule has 2 aromatic carbocycles. The minimum Gasteiger partial charge on any atom is -0.347 e. The fourth-order valence-electron chi connectivity index (χ4n) is 2.90. The van der Waals surface area contributed by atoms with Crippen molar-refractivity contribution in [2.45, 2.75) is 22.8 Å². The van der Waals surface area contributed by atoms with E-state index in [1.54, 1.807) is 22.6 Å². The van der Waals surface area contributed by atoms with Crippen molar-refractivity contribution >= 4 is 33.0 Å². The SMILES string of the molecule is C[C@@H](Nc1nnc2ccc(S(=O)(=O)c3ccc(Cl)cc3)cn12)c1ccccc1. The highest BCUT2D eigenvalue weighted by molar-refractivity contribution is 7.91. The molecule has 0 unspecified atom stereocenters. The maximum atomic E-state index is 12.9. The van der Waals surface area contributed by atoms with E-state index in [1.807, 2.05) is 37.3 Å². The Morgan fingerprint density at radius 2 is 1.61 bits per heavy atom. The Balaban J connectivity index is 1.71. The predicted molar refractivity (Wildman–Crippen MR) is 108 cm³/mol. The number of rotatable bonds is 5. The Hall–Kier alpha value is -2.90. The first-order chi connectivity index (χ1) is 13.4. The van der Waals surface area contributed by atoms with Crippen molar-refractivity contribution in [1.82, 2.24) is 14.6 Å². The number of nitrogens with one attached hydrogen (secondary N) is 1. The third-order valence-corrected chi connectivity index (χ3v) is 6.46. The van der Waals surface area contributed by atoms with Crippen LogP contribution in [0.4, 0.5) is 5.95 Å². The van der Waals surface area contributed by atoms with E-state index in [1.165, 1.54) is 24.4 Å². The molecule has 0 bridgehead atoms. The monoisotopic (exact) mass is 412 g/mol. The van der Waals surface area contributed by atoms with Gasteiger partial charge in [-0.05, 0) is 48.9 Å². The summed E-state index contributed by atoms with van der Waals surface area (Å²) in [5.74, 6) is 0.472. The second-order valence-electron chi connectivity index (χ2n) is 6.35. The second-order valence-corrected chi connectivity index (χ2v) is 8.74. The Bertz CT molecular complexity index is 1220. The molecule has 4 rings (SSSR count). The average Bonchev–Trinajstić information content (AvgIpc) is 3.11. The summed E-state index contributed by atoms with van der Waals surface area (Å²) in [7, 11) is -3.69. The van der Waals surface area contributed by atoms with Crippen LogP contribution in [0.15, 0.2) is 82.7 Å². The van der Waals surface area contributed by atoms with Crippen molar-refractivity contribution in [2.24, 2.45) is 0 Å². The minimum absolute atomic E-state index is 0.0230. The van der Waals surface area contributed by atoms with Crippen LogP contribution >= 0.6 is 11.6 Å². The van der Waals surface area contributed by atoms with Gasteiger partial charge in [0.05, 0.1) is 15.8 Å². The van der Waals surface area contributed by atoms with Gasteiger partial charge in [0, 0.05) is 11.2 Å². The molecule has 0 saturated heterocycles. The van der Waals surface area contributed by atoms with E-state index < -0.39 is 9.84 Å². The Kier molecular flexibility index (Phi) is 4.78. The van der Waals surface area contributed by atoms with Crippen LogP contribution in [0.5, 0.6) is 0 Å². The van der Waals surface area contributed by atoms with E-state index in [2.05, 4.69) is 15.5 Å². The molecule has 1 atom stereocenters. The van der Waals surface area contributed by atoms with Gasteiger partial charge in [-0.3, -0.25) is 4.40 Å². The first-order valence-electron chi connectivity index (χ1n) is 8.62. The molecule has 1 N–H and O–H groups in total.